The van der Waals surface area contributed by atoms with Gasteiger partial charge in [-0.2, -0.15) is 0 Å². The van der Waals surface area contributed by atoms with Crippen LogP contribution in [0.3, 0.4) is 0 Å². The van der Waals surface area contributed by atoms with Crippen molar-refractivity contribution < 1.29 is 9.90 Å². The van der Waals surface area contributed by atoms with Crippen LogP contribution in [-0.4, -0.2) is 26.4 Å². The van der Waals surface area contributed by atoms with Crippen LogP contribution in [0.25, 0.3) is 5.69 Å². The summed E-state index contributed by atoms with van der Waals surface area (Å²) in [5.74, 6) is 0.0628. The number of amides is 2. The fraction of sp³-hybridized carbons (Fsp3) is 0.0800. The molecular formula is C25H23N5O2. The van der Waals surface area contributed by atoms with E-state index in [0.717, 1.165) is 5.69 Å². The van der Waals surface area contributed by atoms with Crippen LogP contribution in [0.4, 0.5) is 10.5 Å². The SMILES string of the molecule is N=C(CC(NC(=O)Nc1ccc(-n2cccc2)cc1)c1ccccc1O)c1cccnc1. The van der Waals surface area contributed by atoms with E-state index in [0.29, 0.717) is 22.5 Å². The molecule has 4 N–H and O–H groups in total. The normalized spacial score (nSPS) is 11.5. The smallest absolute Gasteiger partial charge is 0.319 e. The van der Waals surface area contributed by atoms with Gasteiger partial charge in [-0.15, -0.1) is 0 Å². The summed E-state index contributed by atoms with van der Waals surface area (Å²) in [6.07, 6.45) is 7.34. The van der Waals surface area contributed by atoms with E-state index in [1.807, 2.05) is 53.4 Å². The number of phenols is 1. The highest BCUT2D eigenvalue weighted by Gasteiger charge is 2.20. The molecule has 4 aromatic rings. The molecule has 0 saturated heterocycles. The molecule has 0 bridgehead atoms. The number of nitrogens with one attached hydrogen (secondary N) is 3. The molecule has 0 spiro atoms. The average molecular weight is 425 g/mol. The molecule has 0 aliphatic rings. The first kappa shape index (κ1) is 20.9. The van der Waals surface area contributed by atoms with E-state index in [4.69, 9.17) is 5.41 Å². The van der Waals surface area contributed by atoms with Gasteiger partial charge in [0.1, 0.15) is 5.75 Å². The standard InChI is InChI=1S/C25H23N5O2/c26-22(18-6-5-13-27-17-18)16-23(21-7-1-2-8-24(21)31)29-25(32)28-19-9-11-20(12-10-19)30-14-3-4-15-30/h1-15,17,23,26,31H,16H2,(H2,28,29,32). The van der Waals surface area contributed by atoms with E-state index < -0.39 is 12.1 Å². The van der Waals surface area contributed by atoms with E-state index in [9.17, 15) is 9.90 Å². The van der Waals surface area contributed by atoms with Crippen molar-refractivity contribution in [1.29, 1.82) is 5.41 Å². The zero-order chi connectivity index (χ0) is 22.3. The van der Waals surface area contributed by atoms with Crippen LogP contribution in [0.15, 0.2) is 97.6 Å². The number of phenolic OH excluding ortho intramolecular Hbond substituents is 1. The van der Waals surface area contributed by atoms with Crippen LogP contribution in [0.1, 0.15) is 23.6 Å². The summed E-state index contributed by atoms with van der Waals surface area (Å²) in [7, 11) is 0. The number of nitrogens with zero attached hydrogens (tertiary/aromatic N) is 2. The Hall–Kier alpha value is -4.39. The molecule has 7 nitrogen and oxygen atoms in total. The Bertz CT molecular complexity index is 1190. The number of anilines is 1. The summed E-state index contributed by atoms with van der Waals surface area (Å²) in [4.78, 5) is 16.8. The number of aromatic nitrogens is 2. The van der Waals surface area contributed by atoms with Gasteiger partial charge >= 0.3 is 6.03 Å². The summed E-state index contributed by atoms with van der Waals surface area (Å²) in [6, 6.07) is 20.7. The van der Waals surface area contributed by atoms with Gasteiger partial charge in [0.2, 0.25) is 0 Å². The molecule has 1 unspecified atom stereocenters. The maximum atomic E-state index is 12.7. The minimum atomic E-state index is -0.594. The van der Waals surface area contributed by atoms with E-state index >= 15 is 0 Å². The van der Waals surface area contributed by atoms with Crippen molar-refractivity contribution in [1.82, 2.24) is 14.9 Å². The number of carbonyl (C=O) groups excluding carboxylic acids is 1. The fourth-order valence-electron chi connectivity index (χ4n) is 3.43. The Morgan fingerprint density at radius 3 is 2.44 bits per heavy atom. The molecule has 0 saturated carbocycles. The summed E-state index contributed by atoms with van der Waals surface area (Å²) in [5.41, 5.74) is 3.13. The summed E-state index contributed by atoms with van der Waals surface area (Å²) in [6.45, 7) is 0. The van der Waals surface area contributed by atoms with Crippen molar-refractivity contribution in [2.24, 2.45) is 0 Å². The first-order valence-electron chi connectivity index (χ1n) is 10.2. The third-order valence-corrected chi connectivity index (χ3v) is 5.06. The highest BCUT2D eigenvalue weighted by Crippen LogP contribution is 2.27. The number of hydrogen-bond donors (Lipinski definition) is 4. The van der Waals surface area contributed by atoms with Gasteiger partial charge in [-0.25, -0.2) is 4.79 Å². The molecular weight excluding hydrogens is 402 g/mol. The zero-order valence-electron chi connectivity index (χ0n) is 17.3. The number of aromatic hydroxyl groups is 1. The minimum Gasteiger partial charge on any atom is -0.508 e. The van der Waals surface area contributed by atoms with E-state index in [1.54, 1.807) is 48.8 Å². The minimum absolute atomic E-state index is 0.0628. The Morgan fingerprint density at radius 1 is 1.00 bits per heavy atom. The molecule has 2 heterocycles. The number of benzene rings is 2. The van der Waals surface area contributed by atoms with Gasteiger partial charge in [-0.05, 0) is 48.5 Å². The lowest BCUT2D eigenvalue weighted by Crippen LogP contribution is -2.34. The quantitative estimate of drug-likeness (QED) is 0.317. The second-order valence-corrected chi connectivity index (χ2v) is 7.27. The summed E-state index contributed by atoms with van der Waals surface area (Å²) in [5, 5.41) is 24.5. The fourth-order valence-corrected chi connectivity index (χ4v) is 3.43. The van der Waals surface area contributed by atoms with Gasteiger partial charge in [-0.3, -0.25) is 4.98 Å². The zero-order valence-corrected chi connectivity index (χ0v) is 17.3. The van der Waals surface area contributed by atoms with Crippen molar-refractivity contribution in [3.63, 3.8) is 0 Å². The Morgan fingerprint density at radius 2 is 1.75 bits per heavy atom. The second-order valence-electron chi connectivity index (χ2n) is 7.27. The van der Waals surface area contributed by atoms with Gasteiger partial charge in [0, 0.05) is 59.4 Å². The predicted molar refractivity (Wildman–Crippen MR) is 124 cm³/mol. The number of hydrogen-bond acceptors (Lipinski definition) is 4. The number of urea groups is 1. The van der Waals surface area contributed by atoms with Crippen LogP contribution in [0.2, 0.25) is 0 Å². The van der Waals surface area contributed by atoms with Gasteiger partial charge in [0.25, 0.3) is 0 Å². The molecule has 2 amide bonds. The first-order chi connectivity index (χ1) is 15.6. The maximum Gasteiger partial charge on any atom is 0.319 e. The third kappa shape index (κ3) is 5.02. The molecule has 32 heavy (non-hydrogen) atoms. The Kier molecular flexibility index (Phi) is 6.27. The molecule has 2 aromatic heterocycles. The number of rotatable bonds is 7. The van der Waals surface area contributed by atoms with Crippen molar-refractivity contribution in [2.75, 3.05) is 5.32 Å². The van der Waals surface area contributed by atoms with E-state index in [2.05, 4.69) is 15.6 Å². The molecule has 160 valence electrons. The van der Waals surface area contributed by atoms with Gasteiger partial charge in [0.05, 0.1) is 6.04 Å². The monoisotopic (exact) mass is 425 g/mol. The molecule has 0 fully saturated rings. The van der Waals surface area contributed by atoms with Crippen LogP contribution >= 0.6 is 0 Å². The van der Waals surface area contributed by atoms with Crippen LogP contribution in [0.5, 0.6) is 5.75 Å². The number of pyridine rings is 1. The molecule has 0 aliphatic heterocycles. The van der Waals surface area contributed by atoms with Crippen LogP contribution < -0.4 is 10.6 Å². The van der Waals surface area contributed by atoms with Crippen LogP contribution in [-0.2, 0) is 0 Å². The van der Waals surface area contributed by atoms with E-state index in [1.165, 1.54) is 0 Å². The van der Waals surface area contributed by atoms with Crippen molar-refractivity contribution in [3.05, 3.63) is 109 Å². The molecule has 1 atom stereocenters. The van der Waals surface area contributed by atoms with Gasteiger partial charge < -0.3 is 25.7 Å². The summed E-state index contributed by atoms with van der Waals surface area (Å²) >= 11 is 0. The molecule has 2 aromatic carbocycles. The maximum absolute atomic E-state index is 12.7. The molecule has 4 rings (SSSR count). The predicted octanol–water partition coefficient (Wildman–Crippen LogP) is 4.90. The van der Waals surface area contributed by atoms with Gasteiger partial charge in [-0.1, -0.05) is 24.3 Å². The number of para-hydroxylation sites is 1. The lowest BCUT2D eigenvalue weighted by molar-refractivity contribution is 0.248. The Balaban J connectivity index is 1.48. The molecule has 0 aliphatic carbocycles. The first-order valence-corrected chi connectivity index (χ1v) is 10.2. The lowest BCUT2D eigenvalue weighted by Gasteiger charge is -2.21. The summed E-state index contributed by atoms with van der Waals surface area (Å²) < 4.78 is 1.97. The van der Waals surface area contributed by atoms with Crippen molar-refractivity contribution >= 4 is 17.4 Å². The highest BCUT2D eigenvalue weighted by molar-refractivity contribution is 5.99. The van der Waals surface area contributed by atoms with Crippen molar-refractivity contribution in [2.45, 2.75) is 12.5 Å². The highest BCUT2D eigenvalue weighted by atomic mass is 16.3. The Labute approximate surface area is 185 Å². The lowest BCUT2D eigenvalue weighted by atomic mass is 9.97. The van der Waals surface area contributed by atoms with Gasteiger partial charge in [0.15, 0.2) is 0 Å². The average Bonchev–Trinajstić information content (AvgIpc) is 3.35. The largest absolute Gasteiger partial charge is 0.508 e. The second kappa shape index (κ2) is 9.61. The third-order valence-electron chi connectivity index (χ3n) is 5.06. The van der Waals surface area contributed by atoms with Crippen molar-refractivity contribution in [3.8, 4) is 11.4 Å². The topological polar surface area (TPSA) is 103 Å². The number of carbonyl (C=O) groups is 1. The molecule has 0 radical (unpaired) electrons. The van der Waals surface area contributed by atoms with E-state index in [-0.39, 0.29) is 12.2 Å². The van der Waals surface area contributed by atoms with Crippen LogP contribution in [0, 0.1) is 5.41 Å². The molecule has 7 heteroatoms.